The van der Waals surface area contributed by atoms with Crippen molar-refractivity contribution in [3.05, 3.63) is 193 Å². The zero-order valence-electron chi connectivity index (χ0n) is 29.7. The van der Waals surface area contributed by atoms with E-state index in [0.717, 1.165) is 44.7 Å². The van der Waals surface area contributed by atoms with Gasteiger partial charge in [0, 0.05) is 22.1 Å². The van der Waals surface area contributed by atoms with Crippen LogP contribution in [-0.2, 0) is 5.41 Å². The minimum absolute atomic E-state index is 0.0412. The van der Waals surface area contributed by atoms with Gasteiger partial charge in [-0.3, -0.25) is 0 Å². The van der Waals surface area contributed by atoms with Gasteiger partial charge in [-0.15, -0.1) is 0 Å². The molecule has 8 aromatic carbocycles. The number of hydrogen-bond donors (Lipinski definition) is 0. The molecule has 0 spiro atoms. The summed E-state index contributed by atoms with van der Waals surface area (Å²) in [6.45, 7) is 4.69. The van der Waals surface area contributed by atoms with E-state index < -0.39 is 0 Å². The van der Waals surface area contributed by atoms with E-state index in [1.165, 1.54) is 55.3 Å². The fourth-order valence-electron chi connectivity index (χ4n) is 8.41. The van der Waals surface area contributed by atoms with Crippen molar-refractivity contribution in [3.63, 3.8) is 0 Å². The van der Waals surface area contributed by atoms with E-state index in [2.05, 4.69) is 190 Å². The van der Waals surface area contributed by atoms with Crippen LogP contribution < -0.4 is 0 Å². The molecule has 0 unspecified atom stereocenters. The standard InChI is InChI=1S/C51H36N2/c1-51(2)46-25-11-10-23-42(46)43-27-26-36(31-47(43)51)35-18-12-19-37(30-35)39-28-29-44(41-22-9-8-21-40(39)41)49-32-48(34-15-4-3-5-16-34)52-50(53-49)45-24-13-17-33-14-6-7-20-38(33)45/h3-32H,1-2H3. The van der Waals surface area contributed by atoms with Crippen molar-refractivity contribution in [1.29, 1.82) is 0 Å². The molecule has 0 saturated carbocycles. The lowest BCUT2D eigenvalue weighted by molar-refractivity contribution is 0.660. The Labute approximate surface area is 310 Å². The smallest absolute Gasteiger partial charge is 0.161 e. The summed E-state index contributed by atoms with van der Waals surface area (Å²) in [4.78, 5) is 10.5. The van der Waals surface area contributed by atoms with Crippen molar-refractivity contribution in [2.45, 2.75) is 19.3 Å². The van der Waals surface area contributed by atoms with Crippen molar-refractivity contribution in [2.75, 3.05) is 0 Å². The number of benzene rings is 8. The fourth-order valence-corrected chi connectivity index (χ4v) is 8.41. The Bertz CT molecular complexity index is 2860. The number of aromatic nitrogens is 2. The first-order chi connectivity index (χ1) is 26.0. The highest BCUT2D eigenvalue weighted by Gasteiger charge is 2.35. The normalized spacial score (nSPS) is 12.9. The third-order valence-electron chi connectivity index (χ3n) is 11.1. The van der Waals surface area contributed by atoms with Crippen LogP contribution in [0.5, 0.6) is 0 Å². The Morgan fingerprint density at radius 2 is 0.906 bits per heavy atom. The molecular formula is C51H36N2. The van der Waals surface area contributed by atoms with E-state index in [0.29, 0.717) is 0 Å². The maximum atomic E-state index is 5.30. The van der Waals surface area contributed by atoms with Crippen LogP contribution in [-0.4, -0.2) is 9.97 Å². The minimum Gasteiger partial charge on any atom is -0.228 e. The zero-order valence-corrected chi connectivity index (χ0v) is 29.7. The van der Waals surface area contributed by atoms with Crippen molar-refractivity contribution in [1.82, 2.24) is 9.97 Å². The second-order valence-corrected chi connectivity index (χ2v) is 14.6. The summed E-state index contributed by atoms with van der Waals surface area (Å²) in [7, 11) is 0. The van der Waals surface area contributed by atoms with Crippen LogP contribution >= 0.6 is 0 Å². The molecule has 0 amide bonds. The van der Waals surface area contributed by atoms with E-state index >= 15 is 0 Å². The Morgan fingerprint density at radius 3 is 1.77 bits per heavy atom. The van der Waals surface area contributed by atoms with Crippen LogP contribution in [0.3, 0.4) is 0 Å². The van der Waals surface area contributed by atoms with Gasteiger partial charge in [-0.05, 0) is 84.3 Å². The number of fused-ring (bicyclic) bond motifs is 5. The lowest BCUT2D eigenvalue weighted by atomic mass is 9.81. The third-order valence-corrected chi connectivity index (χ3v) is 11.1. The highest BCUT2D eigenvalue weighted by atomic mass is 14.9. The molecule has 1 aliphatic rings. The highest BCUT2D eigenvalue weighted by Crippen LogP contribution is 2.49. The first-order valence-corrected chi connectivity index (χ1v) is 18.3. The Kier molecular flexibility index (Phi) is 7.19. The SMILES string of the molecule is CC1(C)c2ccccc2-c2ccc(-c3cccc(-c4ccc(-c5cc(-c6ccccc6)nc(-c6cccc7ccccc67)n5)c5ccccc45)c3)cc21. The molecule has 0 atom stereocenters. The monoisotopic (exact) mass is 676 g/mol. The zero-order chi connectivity index (χ0) is 35.5. The first-order valence-electron chi connectivity index (χ1n) is 18.3. The topological polar surface area (TPSA) is 25.8 Å². The van der Waals surface area contributed by atoms with Gasteiger partial charge in [-0.1, -0.05) is 178 Å². The van der Waals surface area contributed by atoms with E-state index in [1.54, 1.807) is 0 Å². The van der Waals surface area contributed by atoms with Gasteiger partial charge in [0.1, 0.15) is 0 Å². The van der Waals surface area contributed by atoms with Crippen molar-refractivity contribution in [3.8, 4) is 67.3 Å². The lowest BCUT2D eigenvalue weighted by Gasteiger charge is -2.22. The average molecular weight is 677 g/mol. The predicted octanol–water partition coefficient (Wildman–Crippen LogP) is 13.4. The van der Waals surface area contributed by atoms with Gasteiger partial charge in [0.2, 0.25) is 0 Å². The first kappa shape index (κ1) is 31.1. The molecule has 0 N–H and O–H groups in total. The van der Waals surface area contributed by atoms with E-state index in [-0.39, 0.29) is 5.41 Å². The van der Waals surface area contributed by atoms with Crippen molar-refractivity contribution in [2.24, 2.45) is 0 Å². The number of nitrogens with zero attached hydrogens (tertiary/aromatic N) is 2. The summed E-state index contributed by atoms with van der Waals surface area (Å²) in [6.07, 6.45) is 0. The van der Waals surface area contributed by atoms with Gasteiger partial charge in [0.15, 0.2) is 5.82 Å². The lowest BCUT2D eigenvalue weighted by Crippen LogP contribution is -2.14. The number of rotatable bonds is 5. The van der Waals surface area contributed by atoms with E-state index in [4.69, 9.17) is 9.97 Å². The molecule has 2 nitrogen and oxygen atoms in total. The second-order valence-electron chi connectivity index (χ2n) is 14.6. The average Bonchev–Trinajstić information content (AvgIpc) is 3.45. The van der Waals surface area contributed by atoms with Gasteiger partial charge < -0.3 is 0 Å². The Hall–Kier alpha value is -6.64. The van der Waals surface area contributed by atoms with Crippen LogP contribution in [0.25, 0.3) is 88.8 Å². The maximum Gasteiger partial charge on any atom is 0.161 e. The molecule has 0 bridgehead atoms. The molecule has 0 saturated heterocycles. The van der Waals surface area contributed by atoms with Crippen molar-refractivity contribution >= 4 is 21.5 Å². The molecule has 0 radical (unpaired) electrons. The molecule has 10 rings (SSSR count). The van der Waals surface area contributed by atoms with Gasteiger partial charge in [-0.2, -0.15) is 0 Å². The van der Waals surface area contributed by atoms with Crippen LogP contribution in [0.2, 0.25) is 0 Å². The molecule has 250 valence electrons. The summed E-state index contributed by atoms with van der Waals surface area (Å²) in [5.74, 6) is 0.722. The Balaban J connectivity index is 1.10. The molecular weight excluding hydrogens is 641 g/mol. The van der Waals surface area contributed by atoms with E-state index in [1.807, 2.05) is 6.07 Å². The molecule has 1 heterocycles. The highest BCUT2D eigenvalue weighted by molar-refractivity contribution is 6.05. The largest absolute Gasteiger partial charge is 0.228 e. The van der Waals surface area contributed by atoms with Crippen LogP contribution in [0.15, 0.2) is 182 Å². The molecule has 9 aromatic rings. The van der Waals surface area contributed by atoms with Gasteiger partial charge in [0.25, 0.3) is 0 Å². The summed E-state index contributed by atoms with van der Waals surface area (Å²) < 4.78 is 0. The summed E-state index contributed by atoms with van der Waals surface area (Å²) in [6, 6.07) is 65.4. The van der Waals surface area contributed by atoms with Crippen LogP contribution in [0.1, 0.15) is 25.0 Å². The quantitative estimate of drug-likeness (QED) is 0.181. The summed E-state index contributed by atoms with van der Waals surface area (Å²) in [5, 5.41) is 4.67. The van der Waals surface area contributed by atoms with Gasteiger partial charge in [0.05, 0.1) is 11.4 Å². The Morgan fingerprint density at radius 1 is 0.340 bits per heavy atom. The van der Waals surface area contributed by atoms with Crippen LogP contribution in [0.4, 0.5) is 0 Å². The molecule has 1 aromatic heterocycles. The molecule has 0 fully saturated rings. The van der Waals surface area contributed by atoms with Gasteiger partial charge in [-0.25, -0.2) is 9.97 Å². The number of hydrogen-bond acceptors (Lipinski definition) is 2. The van der Waals surface area contributed by atoms with Gasteiger partial charge >= 0.3 is 0 Å². The fraction of sp³-hybridized carbons (Fsp3) is 0.0588. The molecule has 2 heteroatoms. The summed E-state index contributed by atoms with van der Waals surface area (Å²) in [5.41, 5.74) is 15.3. The maximum absolute atomic E-state index is 5.30. The van der Waals surface area contributed by atoms with E-state index in [9.17, 15) is 0 Å². The molecule has 1 aliphatic carbocycles. The summed E-state index contributed by atoms with van der Waals surface area (Å²) >= 11 is 0. The minimum atomic E-state index is -0.0412. The van der Waals surface area contributed by atoms with Crippen LogP contribution in [0, 0.1) is 0 Å². The molecule has 53 heavy (non-hydrogen) atoms. The third kappa shape index (κ3) is 5.18. The predicted molar refractivity (Wildman–Crippen MR) is 222 cm³/mol. The molecule has 0 aliphatic heterocycles. The van der Waals surface area contributed by atoms with Crippen molar-refractivity contribution < 1.29 is 0 Å². The second kappa shape index (κ2) is 12.3.